The average Bonchev–Trinajstić information content (AvgIpc) is 2.83. The molecule has 0 amide bonds. The summed E-state index contributed by atoms with van der Waals surface area (Å²) in [6, 6.07) is 33.7. The standard InChI is InChI=1S/C28H24Cl2O2S/c29-25-17-9-7-15-23(25)27(19-21-11-3-1-4-12-21)33(31,32)28(20-22-13-5-2-6-14-22)24-16-8-10-18-26(24)30/h1-18,27-28H,19-20H2. The smallest absolute Gasteiger partial charge is 0.165 e. The second-order valence-corrected chi connectivity index (χ2v) is 11.1. The van der Waals surface area contributed by atoms with Crippen molar-refractivity contribution in [3.05, 3.63) is 141 Å². The van der Waals surface area contributed by atoms with Gasteiger partial charge in [-0.2, -0.15) is 0 Å². The lowest BCUT2D eigenvalue weighted by Gasteiger charge is -2.27. The summed E-state index contributed by atoms with van der Waals surface area (Å²) < 4.78 is 28.9. The van der Waals surface area contributed by atoms with Crippen molar-refractivity contribution in [1.82, 2.24) is 0 Å². The van der Waals surface area contributed by atoms with Crippen LogP contribution in [0.4, 0.5) is 0 Å². The number of hydrogen-bond donors (Lipinski definition) is 0. The molecule has 0 radical (unpaired) electrons. The fourth-order valence-electron chi connectivity index (χ4n) is 4.13. The van der Waals surface area contributed by atoms with Crippen LogP contribution in [0.25, 0.3) is 0 Å². The van der Waals surface area contributed by atoms with E-state index in [4.69, 9.17) is 23.2 Å². The molecule has 0 aromatic heterocycles. The lowest BCUT2D eigenvalue weighted by atomic mass is 10.0. The van der Waals surface area contributed by atoms with Gasteiger partial charge in [-0.3, -0.25) is 0 Å². The van der Waals surface area contributed by atoms with Crippen LogP contribution in [0.1, 0.15) is 32.8 Å². The van der Waals surface area contributed by atoms with Gasteiger partial charge < -0.3 is 0 Å². The van der Waals surface area contributed by atoms with Crippen molar-refractivity contribution < 1.29 is 8.42 Å². The molecule has 0 aliphatic heterocycles. The Morgan fingerprint density at radius 3 is 1.21 bits per heavy atom. The van der Waals surface area contributed by atoms with Crippen LogP contribution in [0.3, 0.4) is 0 Å². The molecule has 0 fully saturated rings. The Labute approximate surface area is 205 Å². The number of hydrogen-bond acceptors (Lipinski definition) is 2. The summed E-state index contributed by atoms with van der Waals surface area (Å²) in [5.74, 6) is 0. The van der Waals surface area contributed by atoms with Gasteiger partial charge in [0, 0.05) is 10.0 Å². The van der Waals surface area contributed by atoms with Crippen molar-refractivity contribution in [1.29, 1.82) is 0 Å². The Hall–Kier alpha value is -2.59. The zero-order valence-corrected chi connectivity index (χ0v) is 20.3. The maximum absolute atomic E-state index is 14.4. The van der Waals surface area contributed by atoms with Crippen molar-refractivity contribution >= 4 is 33.0 Å². The first-order chi connectivity index (χ1) is 16.0. The third kappa shape index (κ3) is 5.50. The van der Waals surface area contributed by atoms with E-state index in [0.717, 1.165) is 11.1 Å². The minimum Gasteiger partial charge on any atom is -0.228 e. The lowest BCUT2D eigenvalue weighted by Crippen LogP contribution is -2.25. The molecule has 0 aliphatic carbocycles. The first-order valence-corrected chi connectivity index (χ1v) is 13.1. The van der Waals surface area contributed by atoms with Crippen molar-refractivity contribution in [2.24, 2.45) is 0 Å². The summed E-state index contributed by atoms with van der Waals surface area (Å²) in [5.41, 5.74) is 3.08. The number of benzene rings is 4. The molecule has 0 saturated heterocycles. The molecule has 0 N–H and O–H groups in total. The highest BCUT2D eigenvalue weighted by Crippen LogP contribution is 2.42. The third-order valence-corrected chi connectivity index (χ3v) is 8.94. The normalized spacial score (nSPS) is 13.4. The van der Waals surface area contributed by atoms with Gasteiger partial charge in [-0.25, -0.2) is 8.42 Å². The molecule has 4 rings (SSSR count). The number of halogens is 2. The van der Waals surface area contributed by atoms with E-state index in [1.165, 1.54) is 0 Å². The van der Waals surface area contributed by atoms with Gasteiger partial charge >= 0.3 is 0 Å². The molecule has 0 saturated carbocycles. The van der Waals surface area contributed by atoms with Crippen LogP contribution in [0.5, 0.6) is 0 Å². The van der Waals surface area contributed by atoms with Crippen molar-refractivity contribution in [3.63, 3.8) is 0 Å². The average molecular weight is 495 g/mol. The molecule has 2 unspecified atom stereocenters. The van der Waals surface area contributed by atoms with E-state index < -0.39 is 20.3 Å². The number of sulfone groups is 1. The van der Waals surface area contributed by atoms with Crippen molar-refractivity contribution in [2.45, 2.75) is 23.3 Å². The molecule has 2 nitrogen and oxygen atoms in total. The summed E-state index contributed by atoms with van der Waals surface area (Å²) in [6.07, 6.45) is 0.644. The van der Waals surface area contributed by atoms with Gasteiger partial charge in [0.2, 0.25) is 0 Å². The van der Waals surface area contributed by atoms with Gasteiger partial charge in [-0.15, -0.1) is 0 Å². The van der Waals surface area contributed by atoms with Crippen LogP contribution in [-0.4, -0.2) is 8.42 Å². The molecule has 4 aromatic rings. The summed E-state index contributed by atoms with van der Waals surface area (Å²) in [6.45, 7) is 0. The van der Waals surface area contributed by atoms with Gasteiger partial charge in [0.15, 0.2) is 9.84 Å². The minimum absolute atomic E-state index is 0.322. The minimum atomic E-state index is -3.78. The van der Waals surface area contributed by atoms with Crippen LogP contribution in [0.15, 0.2) is 109 Å². The topological polar surface area (TPSA) is 34.1 Å². The summed E-state index contributed by atoms with van der Waals surface area (Å²) >= 11 is 13.1. The molecule has 0 bridgehead atoms. The Morgan fingerprint density at radius 1 is 0.515 bits per heavy atom. The van der Waals surface area contributed by atoms with Crippen LogP contribution in [0.2, 0.25) is 10.0 Å². The largest absolute Gasteiger partial charge is 0.228 e. The monoisotopic (exact) mass is 494 g/mol. The molecular formula is C28H24Cl2O2S. The summed E-state index contributed by atoms with van der Waals surface area (Å²) in [5, 5.41) is -0.753. The first-order valence-electron chi connectivity index (χ1n) is 10.8. The zero-order chi connectivity index (χ0) is 23.3. The van der Waals surface area contributed by atoms with E-state index in [2.05, 4.69) is 0 Å². The van der Waals surface area contributed by atoms with Gasteiger partial charge in [0.25, 0.3) is 0 Å². The zero-order valence-electron chi connectivity index (χ0n) is 17.9. The van der Waals surface area contributed by atoms with Gasteiger partial charge in [0.1, 0.15) is 0 Å². The van der Waals surface area contributed by atoms with Gasteiger partial charge in [0.05, 0.1) is 10.5 Å². The van der Waals surface area contributed by atoms with E-state index in [-0.39, 0.29) is 0 Å². The maximum atomic E-state index is 14.4. The van der Waals surface area contributed by atoms with Crippen molar-refractivity contribution in [2.75, 3.05) is 0 Å². The molecular weight excluding hydrogens is 471 g/mol. The number of rotatable bonds is 8. The van der Waals surface area contributed by atoms with Gasteiger partial charge in [-0.1, -0.05) is 120 Å². The summed E-state index contributed by atoms with van der Waals surface area (Å²) in [7, 11) is -3.78. The van der Waals surface area contributed by atoms with Crippen LogP contribution in [0, 0.1) is 0 Å². The van der Waals surface area contributed by atoms with Gasteiger partial charge in [-0.05, 0) is 47.2 Å². The maximum Gasteiger partial charge on any atom is 0.165 e. The quantitative estimate of drug-likeness (QED) is 0.251. The predicted molar refractivity (Wildman–Crippen MR) is 138 cm³/mol. The third-order valence-electron chi connectivity index (χ3n) is 5.83. The molecule has 4 aromatic carbocycles. The van der Waals surface area contributed by atoms with E-state index in [1.54, 1.807) is 24.3 Å². The lowest BCUT2D eigenvalue weighted by molar-refractivity contribution is 0.565. The predicted octanol–water partition coefficient (Wildman–Crippen LogP) is 7.68. The fraction of sp³-hybridized carbons (Fsp3) is 0.143. The molecule has 0 aliphatic rings. The van der Waals surface area contributed by atoms with E-state index in [1.807, 2.05) is 84.9 Å². The Kier molecular flexibility index (Phi) is 7.54. The van der Waals surface area contributed by atoms with E-state index in [9.17, 15) is 8.42 Å². The first kappa shape index (κ1) is 23.6. The van der Waals surface area contributed by atoms with E-state index >= 15 is 0 Å². The molecule has 5 heteroatoms. The molecule has 0 heterocycles. The van der Waals surface area contributed by atoms with Crippen LogP contribution < -0.4 is 0 Å². The molecule has 2 atom stereocenters. The van der Waals surface area contributed by atoms with Crippen LogP contribution >= 0.6 is 23.2 Å². The highest BCUT2D eigenvalue weighted by molar-refractivity contribution is 7.91. The fourth-order valence-corrected chi connectivity index (χ4v) is 7.16. The Balaban J connectivity index is 1.86. The molecule has 33 heavy (non-hydrogen) atoms. The second-order valence-electron chi connectivity index (χ2n) is 7.99. The van der Waals surface area contributed by atoms with E-state index in [0.29, 0.717) is 34.0 Å². The Morgan fingerprint density at radius 2 is 0.848 bits per heavy atom. The highest BCUT2D eigenvalue weighted by Gasteiger charge is 2.38. The molecule has 0 spiro atoms. The summed E-state index contributed by atoms with van der Waals surface area (Å²) in [4.78, 5) is 0. The highest BCUT2D eigenvalue weighted by atomic mass is 35.5. The van der Waals surface area contributed by atoms with Crippen LogP contribution in [-0.2, 0) is 22.7 Å². The second kappa shape index (κ2) is 10.6. The SMILES string of the molecule is O=S(=O)(C(Cc1ccccc1)c1ccccc1Cl)C(Cc1ccccc1)c1ccccc1Cl. The molecule has 168 valence electrons. The van der Waals surface area contributed by atoms with Crippen molar-refractivity contribution in [3.8, 4) is 0 Å². The Bertz CT molecular complexity index is 1210.